The minimum Gasteiger partial charge on any atom is -0.353 e. The van der Waals surface area contributed by atoms with Crippen molar-refractivity contribution in [1.29, 1.82) is 0 Å². The molecule has 0 saturated heterocycles. The van der Waals surface area contributed by atoms with E-state index in [2.05, 4.69) is 53.5 Å². The molecular formula is C23H25N2+. The molecule has 2 atom stereocenters. The van der Waals surface area contributed by atoms with Gasteiger partial charge in [0, 0.05) is 35.2 Å². The predicted molar refractivity (Wildman–Crippen MR) is 102 cm³/mol. The highest BCUT2D eigenvalue weighted by Gasteiger charge is 2.50. The summed E-state index contributed by atoms with van der Waals surface area (Å²) in [5.41, 5.74) is 7.58. The summed E-state index contributed by atoms with van der Waals surface area (Å²) in [6, 6.07) is 18.6. The third-order valence-electron chi connectivity index (χ3n) is 6.97. The number of nitrogens with one attached hydrogen (secondary N) is 1. The van der Waals surface area contributed by atoms with Crippen LogP contribution in [0.25, 0.3) is 10.9 Å². The summed E-state index contributed by atoms with van der Waals surface area (Å²) in [5, 5.41) is 1.45. The zero-order chi connectivity index (χ0) is 16.4. The van der Waals surface area contributed by atoms with Crippen molar-refractivity contribution < 1.29 is 4.48 Å². The molecule has 1 aliphatic carbocycles. The third kappa shape index (κ3) is 2.01. The van der Waals surface area contributed by atoms with E-state index in [-0.39, 0.29) is 0 Å². The summed E-state index contributed by atoms with van der Waals surface area (Å²) in [4.78, 5) is 3.86. The Bertz CT molecular complexity index is 965. The Labute approximate surface area is 149 Å². The second kappa shape index (κ2) is 4.98. The number of quaternary nitrogens is 1. The summed E-state index contributed by atoms with van der Waals surface area (Å²) in [5.74, 6) is 0.971. The van der Waals surface area contributed by atoms with Crippen molar-refractivity contribution in [2.45, 2.75) is 31.7 Å². The van der Waals surface area contributed by atoms with E-state index in [1.807, 2.05) is 0 Å². The standard InChI is InChI=1S/C23H25N2/c1-2-6-18-17(5-1)11-13-25(15-16-9-10-16)14-12-20-19-7-3-4-8-21(19)24-22(20)23(18)25/h1-8,16,23-24H,9-15H2/q+1. The van der Waals surface area contributed by atoms with E-state index in [1.165, 1.54) is 66.4 Å². The topological polar surface area (TPSA) is 15.8 Å². The van der Waals surface area contributed by atoms with Gasteiger partial charge in [-0.3, -0.25) is 0 Å². The fourth-order valence-corrected chi connectivity index (χ4v) is 5.63. The predicted octanol–water partition coefficient (Wildman–Crippen LogP) is 4.60. The number of para-hydroxylation sites is 1. The molecule has 126 valence electrons. The van der Waals surface area contributed by atoms with Crippen LogP contribution in [0.2, 0.25) is 0 Å². The van der Waals surface area contributed by atoms with Crippen LogP contribution in [0.4, 0.5) is 0 Å². The molecule has 2 heteroatoms. The van der Waals surface area contributed by atoms with Crippen LogP contribution in [0.5, 0.6) is 0 Å². The molecule has 1 N–H and O–H groups in total. The Kier molecular flexibility index (Phi) is 2.82. The van der Waals surface area contributed by atoms with Crippen molar-refractivity contribution in [3.63, 3.8) is 0 Å². The Morgan fingerprint density at radius 2 is 1.72 bits per heavy atom. The highest BCUT2D eigenvalue weighted by molar-refractivity contribution is 5.85. The lowest BCUT2D eigenvalue weighted by Gasteiger charge is -2.51. The number of rotatable bonds is 2. The second-order valence-corrected chi connectivity index (χ2v) is 8.46. The normalized spacial score (nSPS) is 27.6. The monoisotopic (exact) mass is 329 g/mol. The molecule has 0 radical (unpaired) electrons. The van der Waals surface area contributed by atoms with Crippen LogP contribution >= 0.6 is 0 Å². The van der Waals surface area contributed by atoms with Crippen molar-refractivity contribution in [3.8, 4) is 0 Å². The molecule has 0 spiro atoms. The molecule has 2 aliphatic heterocycles. The molecule has 0 amide bonds. The summed E-state index contributed by atoms with van der Waals surface area (Å²) >= 11 is 0. The minimum atomic E-state index is 0.515. The molecule has 1 fully saturated rings. The number of aromatic nitrogens is 1. The molecule has 2 aromatic carbocycles. The van der Waals surface area contributed by atoms with Crippen LogP contribution in [0.3, 0.4) is 0 Å². The van der Waals surface area contributed by atoms with Gasteiger partial charge in [0.05, 0.1) is 25.3 Å². The Morgan fingerprint density at radius 3 is 2.64 bits per heavy atom. The van der Waals surface area contributed by atoms with Crippen molar-refractivity contribution in [2.75, 3.05) is 19.6 Å². The molecule has 6 rings (SSSR count). The van der Waals surface area contributed by atoms with E-state index < -0.39 is 0 Å². The molecule has 3 heterocycles. The number of nitrogens with zero attached hydrogens (tertiary/aromatic N) is 1. The average Bonchev–Trinajstić information content (AvgIpc) is 3.38. The fraction of sp³-hybridized carbons (Fsp3) is 0.391. The van der Waals surface area contributed by atoms with Gasteiger partial charge in [0.25, 0.3) is 0 Å². The van der Waals surface area contributed by atoms with Gasteiger partial charge in [-0.2, -0.15) is 0 Å². The number of fused-ring (bicyclic) bond motifs is 7. The second-order valence-electron chi connectivity index (χ2n) is 8.46. The van der Waals surface area contributed by atoms with Crippen LogP contribution in [-0.4, -0.2) is 29.1 Å². The van der Waals surface area contributed by atoms with Crippen LogP contribution < -0.4 is 0 Å². The van der Waals surface area contributed by atoms with Crippen LogP contribution in [0.1, 0.15) is 41.3 Å². The van der Waals surface area contributed by atoms with Gasteiger partial charge < -0.3 is 9.47 Å². The Balaban J connectivity index is 1.60. The van der Waals surface area contributed by atoms with Crippen LogP contribution in [0, 0.1) is 5.92 Å². The first-order valence-electron chi connectivity index (χ1n) is 9.87. The van der Waals surface area contributed by atoms with E-state index in [0.29, 0.717) is 6.04 Å². The fourth-order valence-electron chi connectivity index (χ4n) is 5.63. The summed E-state index contributed by atoms with van der Waals surface area (Å²) in [6.45, 7) is 4.01. The zero-order valence-electron chi connectivity index (χ0n) is 14.7. The van der Waals surface area contributed by atoms with Crippen LogP contribution in [0.15, 0.2) is 48.5 Å². The Morgan fingerprint density at radius 1 is 0.920 bits per heavy atom. The van der Waals surface area contributed by atoms with Crippen molar-refractivity contribution in [3.05, 3.63) is 70.9 Å². The number of benzene rings is 2. The maximum atomic E-state index is 3.86. The molecular weight excluding hydrogens is 304 g/mol. The highest BCUT2D eigenvalue weighted by atomic mass is 15.4. The molecule has 0 bridgehead atoms. The van der Waals surface area contributed by atoms with Crippen LogP contribution in [-0.2, 0) is 12.8 Å². The van der Waals surface area contributed by atoms with Crippen molar-refractivity contribution in [1.82, 2.24) is 4.98 Å². The number of aromatic amines is 1. The van der Waals surface area contributed by atoms with Crippen molar-refractivity contribution >= 4 is 10.9 Å². The largest absolute Gasteiger partial charge is 0.353 e. The number of hydrogen-bond donors (Lipinski definition) is 1. The highest BCUT2D eigenvalue weighted by Crippen LogP contribution is 2.49. The first-order chi connectivity index (χ1) is 12.3. The maximum Gasteiger partial charge on any atom is 0.156 e. The molecule has 1 aromatic heterocycles. The number of H-pyrrole nitrogens is 1. The summed E-state index contributed by atoms with van der Waals surface area (Å²) in [6.07, 6.45) is 5.38. The first kappa shape index (κ1) is 14.1. The summed E-state index contributed by atoms with van der Waals surface area (Å²) in [7, 11) is 0. The van der Waals surface area contributed by atoms with E-state index in [1.54, 1.807) is 16.7 Å². The lowest BCUT2D eigenvalue weighted by Crippen LogP contribution is -2.58. The average molecular weight is 329 g/mol. The van der Waals surface area contributed by atoms with E-state index in [9.17, 15) is 0 Å². The van der Waals surface area contributed by atoms with E-state index in [0.717, 1.165) is 5.92 Å². The van der Waals surface area contributed by atoms with Gasteiger partial charge in [0.15, 0.2) is 6.04 Å². The van der Waals surface area contributed by atoms with Crippen molar-refractivity contribution in [2.24, 2.45) is 5.92 Å². The maximum absolute atomic E-state index is 3.86. The zero-order valence-corrected chi connectivity index (χ0v) is 14.7. The molecule has 3 aliphatic rings. The molecule has 3 aromatic rings. The van der Waals surface area contributed by atoms with Gasteiger partial charge in [-0.1, -0.05) is 42.5 Å². The Hall–Kier alpha value is -2.06. The smallest absolute Gasteiger partial charge is 0.156 e. The van der Waals surface area contributed by atoms with E-state index >= 15 is 0 Å². The van der Waals surface area contributed by atoms with Gasteiger partial charge in [-0.25, -0.2) is 0 Å². The third-order valence-corrected chi connectivity index (χ3v) is 6.97. The van der Waals surface area contributed by atoms with Gasteiger partial charge >= 0.3 is 0 Å². The first-order valence-corrected chi connectivity index (χ1v) is 9.87. The molecule has 1 saturated carbocycles. The van der Waals surface area contributed by atoms with E-state index in [4.69, 9.17) is 0 Å². The summed E-state index contributed by atoms with van der Waals surface area (Å²) < 4.78 is 1.29. The lowest BCUT2D eigenvalue weighted by molar-refractivity contribution is -0.957. The number of hydrogen-bond acceptors (Lipinski definition) is 0. The molecule has 25 heavy (non-hydrogen) atoms. The minimum absolute atomic E-state index is 0.515. The van der Waals surface area contributed by atoms with Gasteiger partial charge in [-0.05, 0) is 30.0 Å². The molecule has 2 unspecified atom stereocenters. The quantitative estimate of drug-likeness (QED) is 0.662. The lowest BCUT2D eigenvalue weighted by atomic mass is 9.82. The van der Waals surface area contributed by atoms with Gasteiger partial charge in [-0.15, -0.1) is 0 Å². The van der Waals surface area contributed by atoms with Gasteiger partial charge in [0.1, 0.15) is 0 Å². The van der Waals surface area contributed by atoms with Gasteiger partial charge in [0.2, 0.25) is 0 Å². The molecule has 2 nitrogen and oxygen atoms in total. The SMILES string of the molecule is c1ccc2c(c1)CC[N+]1(CC3CC3)CCc3c([nH]c4ccccc34)C21.